The van der Waals surface area contributed by atoms with Crippen LogP contribution in [0.1, 0.15) is 102 Å². The van der Waals surface area contributed by atoms with Crippen LogP contribution in [0.3, 0.4) is 0 Å². The SMILES string of the molecule is CCCC[C@H](NC(=O)c1ccc(C)c(C)c1)C(=O)NC(CC(C)(C)C)C(=O)NC(C)C.CN.O=C1CCCN1. The maximum absolute atomic E-state index is 13.1. The molecule has 1 saturated heterocycles. The molecule has 1 fully saturated rings. The van der Waals surface area contributed by atoms with Crippen LogP contribution in [0.5, 0.6) is 0 Å². The van der Waals surface area contributed by atoms with Gasteiger partial charge in [0.15, 0.2) is 0 Å². The number of nitrogens with two attached hydrogens (primary N) is 1. The lowest BCUT2D eigenvalue weighted by Gasteiger charge is -2.28. The lowest BCUT2D eigenvalue weighted by Crippen LogP contribution is -2.55. The third-order valence-corrected chi connectivity index (χ3v) is 6.02. The Hall–Kier alpha value is -2.94. The molecule has 39 heavy (non-hydrogen) atoms. The number of aryl methyl sites for hydroxylation is 2. The summed E-state index contributed by atoms with van der Waals surface area (Å²) in [5, 5.41) is 11.3. The summed E-state index contributed by atoms with van der Waals surface area (Å²) in [6.45, 7) is 16.8. The van der Waals surface area contributed by atoms with E-state index in [1.807, 2.05) is 67.5 Å². The molecule has 6 N–H and O–H groups in total. The Labute approximate surface area is 235 Å². The monoisotopic (exact) mass is 547 g/mol. The van der Waals surface area contributed by atoms with Crippen molar-refractivity contribution in [2.24, 2.45) is 11.1 Å². The smallest absolute Gasteiger partial charge is 0.251 e. The second-order valence-electron chi connectivity index (χ2n) is 11.4. The predicted octanol–water partition coefficient (Wildman–Crippen LogP) is 3.51. The summed E-state index contributed by atoms with van der Waals surface area (Å²) < 4.78 is 0. The number of amides is 4. The Balaban J connectivity index is 0.00000155. The van der Waals surface area contributed by atoms with Crippen molar-refractivity contribution in [3.63, 3.8) is 0 Å². The molecule has 4 amide bonds. The van der Waals surface area contributed by atoms with Crippen molar-refractivity contribution >= 4 is 23.6 Å². The van der Waals surface area contributed by atoms with E-state index in [1.54, 1.807) is 6.07 Å². The lowest BCUT2D eigenvalue weighted by molar-refractivity contribution is -0.131. The van der Waals surface area contributed by atoms with Gasteiger partial charge in [-0.25, -0.2) is 0 Å². The van der Waals surface area contributed by atoms with Gasteiger partial charge in [0.25, 0.3) is 5.91 Å². The molecule has 2 atom stereocenters. The van der Waals surface area contributed by atoms with Crippen molar-refractivity contribution in [2.45, 2.75) is 112 Å². The first kappa shape index (κ1) is 36.1. The highest BCUT2D eigenvalue weighted by Crippen LogP contribution is 2.21. The molecule has 0 aliphatic carbocycles. The first-order chi connectivity index (χ1) is 18.2. The zero-order valence-electron chi connectivity index (χ0n) is 25.6. The first-order valence-corrected chi connectivity index (χ1v) is 14.1. The highest BCUT2D eigenvalue weighted by molar-refractivity contribution is 5.98. The van der Waals surface area contributed by atoms with Crippen LogP contribution in [-0.4, -0.2) is 55.3 Å². The third kappa shape index (κ3) is 15.3. The maximum atomic E-state index is 13.1. The quantitative estimate of drug-likeness (QED) is 0.305. The van der Waals surface area contributed by atoms with Crippen LogP contribution in [0.2, 0.25) is 0 Å². The van der Waals surface area contributed by atoms with Crippen LogP contribution in [-0.2, 0) is 14.4 Å². The van der Waals surface area contributed by atoms with E-state index in [1.165, 1.54) is 7.05 Å². The van der Waals surface area contributed by atoms with E-state index in [2.05, 4.69) is 27.0 Å². The van der Waals surface area contributed by atoms with Gasteiger partial charge in [-0.3, -0.25) is 19.2 Å². The minimum atomic E-state index is -0.691. The number of nitrogens with one attached hydrogen (secondary N) is 4. The Morgan fingerprint density at radius 2 is 1.59 bits per heavy atom. The van der Waals surface area contributed by atoms with Gasteiger partial charge in [0, 0.05) is 24.6 Å². The van der Waals surface area contributed by atoms with Gasteiger partial charge < -0.3 is 27.0 Å². The molecule has 1 aromatic rings. The number of hydrogen-bond acceptors (Lipinski definition) is 5. The molecule has 9 nitrogen and oxygen atoms in total. The fourth-order valence-electron chi connectivity index (χ4n) is 3.85. The molecule has 2 rings (SSSR count). The van der Waals surface area contributed by atoms with Crippen molar-refractivity contribution in [3.05, 3.63) is 34.9 Å². The summed E-state index contributed by atoms with van der Waals surface area (Å²) >= 11 is 0. The van der Waals surface area contributed by atoms with Gasteiger partial charge in [-0.15, -0.1) is 0 Å². The average molecular weight is 548 g/mol. The highest BCUT2D eigenvalue weighted by Gasteiger charge is 2.30. The Morgan fingerprint density at radius 1 is 0.974 bits per heavy atom. The standard InChI is InChI=1S/C25H41N3O3.C4H7NO.CH5N/c1-9-10-11-20(27-22(29)19-13-12-17(4)18(5)14-19)23(30)28-21(15-25(6,7)8)24(31)26-16(2)3;6-4-2-1-3-5-4;1-2/h12-14,16,20-21H,9-11,15H2,1-8H3,(H,26,31)(H,27,29)(H,28,30);1-3H2,(H,5,6);2H2,1H3/t20-,21?;;/m0../s1. The van der Waals surface area contributed by atoms with E-state index in [9.17, 15) is 19.2 Å². The molecule has 1 aliphatic rings. The summed E-state index contributed by atoms with van der Waals surface area (Å²) in [5.41, 5.74) is 7.02. The zero-order valence-corrected chi connectivity index (χ0v) is 25.6. The Morgan fingerprint density at radius 3 is 2.03 bits per heavy atom. The first-order valence-electron chi connectivity index (χ1n) is 14.1. The highest BCUT2D eigenvalue weighted by atomic mass is 16.2. The van der Waals surface area contributed by atoms with Crippen molar-refractivity contribution in [1.29, 1.82) is 0 Å². The number of carbonyl (C=O) groups excluding carboxylic acids is 4. The second kappa shape index (κ2) is 18.4. The van der Waals surface area contributed by atoms with Gasteiger partial charge in [-0.05, 0) is 82.7 Å². The molecule has 0 spiro atoms. The van der Waals surface area contributed by atoms with E-state index in [0.717, 1.165) is 43.4 Å². The molecular weight excluding hydrogens is 494 g/mol. The summed E-state index contributed by atoms with van der Waals surface area (Å²) in [5.74, 6) is -0.597. The summed E-state index contributed by atoms with van der Waals surface area (Å²) in [6, 6.07) is 4.14. The number of unbranched alkanes of at least 4 members (excludes halogenated alkanes) is 1. The van der Waals surface area contributed by atoms with Gasteiger partial charge in [0.05, 0.1) is 0 Å². The van der Waals surface area contributed by atoms with E-state index in [4.69, 9.17) is 0 Å². The molecule has 0 aromatic heterocycles. The molecule has 1 aromatic carbocycles. The second-order valence-corrected chi connectivity index (χ2v) is 11.4. The minimum Gasteiger partial charge on any atom is -0.356 e. The summed E-state index contributed by atoms with van der Waals surface area (Å²) in [6.07, 6.45) is 4.49. The van der Waals surface area contributed by atoms with Crippen LogP contribution in [0.15, 0.2) is 18.2 Å². The van der Waals surface area contributed by atoms with E-state index in [-0.39, 0.29) is 35.1 Å². The average Bonchev–Trinajstić information content (AvgIpc) is 3.34. The largest absolute Gasteiger partial charge is 0.356 e. The van der Waals surface area contributed by atoms with Crippen molar-refractivity contribution in [1.82, 2.24) is 21.3 Å². The van der Waals surface area contributed by atoms with E-state index < -0.39 is 12.1 Å². The molecule has 0 saturated carbocycles. The normalized spacial score (nSPS) is 14.1. The van der Waals surface area contributed by atoms with Crippen LogP contribution >= 0.6 is 0 Å². The zero-order chi connectivity index (χ0) is 30.2. The van der Waals surface area contributed by atoms with Crippen LogP contribution < -0.4 is 27.0 Å². The molecular formula is C30H53N5O4. The number of carbonyl (C=O) groups is 4. The van der Waals surface area contributed by atoms with Gasteiger partial charge >= 0.3 is 0 Å². The molecule has 222 valence electrons. The Bertz CT molecular complexity index is 916. The molecule has 9 heteroatoms. The van der Waals surface area contributed by atoms with Gasteiger partial charge in [0.1, 0.15) is 12.1 Å². The number of hydrogen-bond donors (Lipinski definition) is 5. The van der Waals surface area contributed by atoms with Gasteiger partial charge in [0.2, 0.25) is 17.7 Å². The van der Waals surface area contributed by atoms with Crippen LogP contribution in [0.4, 0.5) is 0 Å². The summed E-state index contributed by atoms with van der Waals surface area (Å²) in [4.78, 5) is 48.8. The van der Waals surface area contributed by atoms with Crippen molar-refractivity contribution < 1.29 is 19.2 Å². The van der Waals surface area contributed by atoms with Crippen LogP contribution in [0, 0.1) is 19.3 Å². The molecule has 0 radical (unpaired) electrons. The summed E-state index contributed by atoms with van der Waals surface area (Å²) in [7, 11) is 1.50. The third-order valence-electron chi connectivity index (χ3n) is 6.02. The topological polar surface area (TPSA) is 142 Å². The lowest BCUT2D eigenvalue weighted by atomic mass is 9.87. The van der Waals surface area contributed by atoms with Crippen molar-refractivity contribution in [3.8, 4) is 0 Å². The number of rotatable bonds is 10. The van der Waals surface area contributed by atoms with Gasteiger partial charge in [-0.2, -0.15) is 0 Å². The molecule has 1 unspecified atom stereocenters. The molecule has 1 aliphatic heterocycles. The van der Waals surface area contributed by atoms with Gasteiger partial charge in [-0.1, -0.05) is 46.6 Å². The number of benzene rings is 1. The van der Waals surface area contributed by atoms with E-state index in [0.29, 0.717) is 18.4 Å². The Kier molecular flexibility index (Phi) is 17.0. The predicted molar refractivity (Wildman–Crippen MR) is 158 cm³/mol. The van der Waals surface area contributed by atoms with E-state index >= 15 is 0 Å². The minimum absolute atomic E-state index is 0.0211. The van der Waals surface area contributed by atoms with Crippen molar-refractivity contribution in [2.75, 3.05) is 13.6 Å². The molecule has 0 bridgehead atoms. The van der Waals surface area contributed by atoms with Crippen LogP contribution in [0.25, 0.3) is 0 Å². The fraction of sp³-hybridized carbons (Fsp3) is 0.667. The molecule has 1 heterocycles. The maximum Gasteiger partial charge on any atom is 0.251 e. The fourth-order valence-corrected chi connectivity index (χ4v) is 3.85.